The van der Waals surface area contributed by atoms with Crippen molar-refractivity contribution in [1.29, 1.82) is 0 Å². The Morgan fingerprint density at radius 3 is 2.71 bits per heavy atom. The van der Waals surface area contributed by atoms with Gasteiger partial charge < -0.3 is 15.0 Å². The van der Waals surface area contributed by atoms with E-state index in [-0.39, 0.29) is 0 Å². The van der Waals surface area contributed by atoms with Crippen molar-refractivity contribution in [3.05, 3.63) is 45.6 Å². The fourth-order valence-electron chi connectivity index (χ4n) is 2.67. The van der Waals surface area contributed by atoms with Crippen molar-refractivity contribution in [2.24, 2.45) is 0 Å². The van der Waals surface area contributed by atoms with Crippen molar-refractivity contribution in [3.8, 4) is 5.75 Å². The van der Waals surface area contributed by atoms with Crippen LogP contribution in [0.1, 0.15) is 4.88 Å². The van der Waals surface area contributed by atoms with E-state index in [1.165, 1.54) is 4.88 Å². The highest BCUT2D eigenvalue weighted by molar-refractivity contribution is 7.80. The molecule has 0 amide bonds. The Bertz CT molecular complexity index is 699. The molecule has 0 atom stereocenters. The molecule has 1 fully saturated rings. The smallest absolute Gasteiger partial charge is 0.173 e. The third-order valence-corrected chi connectivity index (χ3v) is 5.56. The minimum atomic E-state index is 0.766. The van der Waals surface area contributed by atoms with Crippen LogP contribution in [0.3, 0.4) is 0 Å². The quantitative estimate of drug-likeness (QED) is 0.810. The number of nitrogens with one attached hydrogen (secondary N) is 1. The molecule has 1 aliphatic heterocycles. The highest BCUT2D eigenvalue weighted by Gasteiger charge is 2.19. The predicted molar refractivity (Wildman–Crippen MR) is 105 cm³/mol. The number of piperazine rings is 1. The minimum absolute atomic E-state index is 0.766. The van der Waals surface area contributed by atoms with Crippen molar-refractivity contribution >= 4 is 46.0 Å². The number of anilines is 1. The van der Waals surface area contributed by atoms with Gasteiger partial charge in [-0.25, -0.2) is 0 Å². The van der Waals surface area contributed by atoms with Crippen LogP contribution in [-0.2, 0) is 6.54 Å². The first kappa shape index (κ1) is 17.5. The lowest BCUT2D eigenvalue weighted by atomic mass is 10.3. The van der Waals surface area contributed by atoms with Crippen LogP contribution in [0, 0.1) is 0 Å². The summed E-state index contributed by atoms with van der Waals surface area (Å²) < 4.78 is 6.10. The summed E-state index contributed by atoms with van der Waals surface area (Å²) in [5.74, 6) is 0.822. The van der Waals surface area contributed by atoms with Crippen molar-refractivity contribution in [3.63, 3.8) is 0 Å². The largest absolute Gasteiger partial charge is 0.497 e. The maximum Gasteiger partial charge on any atom is 0.173 e. The molecule has 0 unspecified atom stereocenters. The Balaban J connectivity index is 1.49. The average Bonchev–Trinajstić information content (AvgIpc) is 3.00. The van der Waals surface area contributed by atoms with Gasteiger partial charge in [-0.1, -0.05) is 17.7 Å². The van der Waals surface area contributed by atoms with Gasteiger partial charge >= 0.3 is 0 Å². The van der Waals surface area contributed by atoms with Crippen LogP contribution >= 0.6 is 35.2 Å². The predicted octanol–water partition coefficient (Wildman–Crippen LogP) is 3.92. The van der Waals surface area contributed by atoms with Crippen LogP contribution in [0.5, 0.6) is 5.75 Å². The Hall–Kier alpha value is -1.34. The van der Waals surface area contributed by atoms with Crippen molar-refractivity contribution in [1.82, 2.24) is 9.80 Å². The molecule has 7 heteroatoms. The number of thiophene rings is 1. The van der Waals surface area contributed by atoms with E-state index >= 15 is 0 Å². The van der Waals surface area contributed by atoms with Gasteiger partial charge in [0.15, 0.2) is 5.11 Å². The Morgan fingerprint density at radius 2 is 2.04 bits per heavy atom. The summed E-state index contributed by atoms with van der Waals surface area (Å²) in [5, 5.41) is 4.06. The third-order valence-electron chi connectivity index (χ3n) is 3.99. The zero-order valence-electron chi connectivity index (χ0n) is 13.5. The van der Waals surface area contributed by atoms with Gasteiger partial charge in [-0.2, -0.15) is 0 Å². The highest BCUT2D eigenvalue weighted by atomic mass is 35.5. The fraction of sp³-hybridized carbons (Fsp3) is 0.353. The van der Waals surface area contributed by atoms with E-state index in [2.05, 4.69) is 21.2 Å². The van der Waals surface area contributed by atoms with Gasteiger partial charge in [0.2, 0.25) is 0 Å². The van der Waals surface area contributed by atoms with E-state index in [1.54, 1.807) is 18.4 Å². The minimum Gasteiger partial charge on any atom is -0.497 e. The molecule has 2 heterocycles. The number of rotatable bonds is 4. The fourth-order valence-corrected chi connectivity index (χ4v) is 4.10. The lowest BCUT2D eigenvalue weighted by molar-refractivity contribution is 0.178. The van der Waals surface area contributed by atoms with Crippen molar-refractivity contribution < 1.29 is 4.74 Å². The Labute approximate surface area is 157 Å². The summed E-state index contributed by atoms with van der Waals surface area (Å²) in [6.07, 6.45) is 0. The van der Waals surface area contributed by atoms with Crippen molar-refractivity contribution in [2.75, 3.05) is 38.6 Å². The van der Waals surface area contributed by atoms with Gasteiger partial charge in [0.25, 0.3) is 0 Å². The van der Waals surface area contributed by atoms with E-state index in [0.29, 0.717) is 0 Å². The lowest BCUT2D eigenvalue weighted by Crippen LogP contribution is -2.49. The van der Waals surface area contributed by atoms with E-state index in [9.17, 15) is 0 Å². The van der Waals surface area contributed by atoms with E-state index in [4.69, 9.17) is 28.6 Å². The second-order valence-electron chi connectivity index (χ2n) is 5.63. The summed E-state index contributed by atoms with van der Waals surface area (Å²) in [4.78, 5) is 5.96. The van der Waals surface area contributed by atoms with Gasteiger partial charge in [-0.15, -0.1) is 11.3 Å². The summed E-state index contributed by atoms with van der Waals surface area (Å²) in [6.45, 7) is 4.80. The van der Waals surface area contributed by atoms with Gasteiger partial charge in [0.1, 0.15) is 5.75 Å². The van der Waals surface area contributed by atoms with E-state index < -0.39 is 0 Å². The molecule has 1 N–H and O–H groups in total. The molecule has 1 aromatic heterocycles. The second kappa shape index (κ2) is 8.16. The SMILES string of the molecule is COc1cccc(NC(=S)N2CCN(Cc3ccc(Cl)s3)CC2)c1. The number of hydrogen-bond acceptors (Lipinski definition) is 4. The highest BCUT2D eigenvalue weighted by Crippen LogP contribution is 2.23. The van der Waals surface area contributed by atoms with Crippen LogP contribution in [-0.4, -0.2) is 48.2 Å². The standard InChI is InChI=1S/C17H20ClN3OS2/c1-22-14-4-2-3-13(11-14)19-17(23)21-9-7-20(8-10-21)12-15-5-6-16(18)24-15/h2-6,11H,7-10,12H2,1H3,(H,19,23). The molecule has 0 spiro atoms. The molecule has 0 aliphatic carbocycles. The first-order valence-corrected chi connectivity index (χ1v) is 9.41. The molecule has 0 saturated carbocycles. The zero-order valence-corrected chi connectivity index (χ0v) is 15.9. The lowest BCUT2D eigenvalue weighted by Gasteiger charge is -2.36. The van der Waals surface area contributed by atoms with E-state index in [0.717, 1.165) is 53.6 Å². The third kappa shape index (κ3) is 4.60. The number of methoxy groups -OCH3 is 1. The summed E-state index contributed by atoms with van der Waals surface area (Å²) in [5.41, 5.74) is 0.954. The molecular formula is C17H20ClN3OS2. The van der Waals surface area contributed by atoms with Crippen LogP contribution < -0.4 is 10.1 Å². The maximum atomic E-state index is 6.00. The molecule has 4 nitrogen and oxygen atoms in total. The number of ether oxygens (including phenoxy) is 1. The molecular weight excluding hydrogens is 362 g/mol. The number of thiocarbonyl (C=S) groups is 1. The molecule has 2 aromatic rings. The molecule has 24 heavy (non-hydrogen) atoms. The van der Waals surface area contributed by atoms with Gasteiger partial charge in [0, 0.05) is 49.4 Å². The average molecular weight is 382 g/mol. The monoisotopic (exact) mass is 381 g/mol. The summed E-state index contributed by atoms with van der Waals surface area (Å²) in [6, 6.07) is 11.9. The van der Waals surface area contributed by atoms with Crippen LogP contribution in [0.4, 0.5) is 5.69 Å². The van der Waals surface area contributed by atoms with Crippen molar-refractivity contribution in [2.45, 2.75) is 6.54 Å². The molecule has 128 valence electrons. The zero-order chi connectivity index (χ0) is 16.9. The first-order chi connectivity index (χ1) is 11.6. The number of hydrogen-bond donors (Lipinski definition) is 1. The number of benzene rings is 1. The first-order valence-electron chi connectivity index (χ1n) is 7.80. The van der Waals surface area contributed by atoms with Gasteiger partial charge in [-0.3, -0.25) is 4.90 Å². The maximum absolute atomic E-state index is 6.00. The molecule has 0 bridgehead atoms. The second-order valence-corrected chi connectivity index (χ2v) is 7.82. The van der Waals surface area contributed by atoms with Crippen LogP contribution in [0.15, 0.2) is 36.4 Å². The van der Waals surface area contributed by atoms with Gasteiger partial charge in [-0.05, 0) is 36.5 Å². The number of nitrogens with zero attached hydrogens (tertiary/aromatic N) is 2. The van der Waals surface area contributed by atoms with E-state index in [1.807, 2.05) is 30.3 Å². The van der Waals surface area contributed by atoms with Crippen LogP contribution in [0.2, 0.25) is 4.34 Å². The normalized spacial score (nSPS) is 15.3. The molecule has 0 radical (unpaired) electrons. The number of halogens is 1. The summed E-state index contributed by atoms with van der Waals surface area (Å²) in [7, 11) is 1.66. The molecule has 1 saturated heterocycles. The van der Waals surface area contributed by atoms with Crippen LogP contribution in [0.25, 0.3) is 0 Å². The molecule has 1 aliphatic rings. The molecule has 3 rings (SSSR count). The van der Waals surface area contributed by atoms with Gasteiger partial charge in [0.05, 0.1) is 11.4 Å². The molecule has 1 aromatic carbocycles. The summed E-state index contributed by atoms with van der Waals surface area (Å²) >= 11 is 13.2. The Kier molecular flexibility index (Phi) is 5.94. The topological polar surface area (TPSA) is 27.7 Å². The Morgan fingerprint density at radius 1 is 1.25 bits per heavy atom.